The van der Waals surface area contributed by atoms with Crippen molar-refractivity contribution in [3.63, 3.8) is 0 Å². The van der Waals surface area contributed by atoms with E-state index in [2.05, 4.69) is 5.32 Å². The average molecular weight is 311 g/mol. The maximum absolute atomic E-state index is 12.9. The number of likely N-dealkylation sites (tertiary alicyclic amines) is 1. The molecule has 0 unspecified atom stereocenters. The second kappa shape index (κ2) is 7.29. The highest BCUT2D eigenvalue weighted by molar-refractivity contribution is 5.94. The van der Waals surface area contributed by atoms with Crippen LogP contribution in [0.15, 0.2) is 54.6 Å². The number of carbonyl (C=O) groups is 1. The molecule has 1 aliphatic rings. The first-order valence-electron chi connectivity index (χ1n) is 8.12. The summed E-state index contributed by atoms with van der Waals surface area (Å²) in [6.07, 6.45) is 2.37. The first-order valence-corrected chi connectivity index (χ1v) is 8.12. The number of methoxy groups -OCH3 is 1. The predicted octanol–water partition coefficient (Wildman–Crippen LogP) is 2.05. The van der Waals surface area contributed by atoms with Gasteiger partial charge in [-0.2, -0.15) is 0 Å². The van der Waals surface area contributed by atoms with E-state index in [1.807, 2.05) is 54.6 Å². The van der Waals surface area contributed by atoms with Gasteiger partial charge < -0.3 is 15.0 Å². The van der Waals surface area contributed by atoms with E-state index in [-0.39, 0.29) is 11.9 Å². The number of benzene rings is 2. The average Bonchev–Trinajstić information content (AvgIpc) is 3.10. The number of anilines is 1. The first-order chi connectivity index (χ1) is 11.3. The van der Waals surface area contributed by atoms with Crippen LogP contribution in [0.25, 0.3) is 0 Å². The van der Waals surface area contributed by atoms with Crippen LogP contribution in [0.3, 0.4) is 0 Å². The summed E-state index contributed by atoms with van der Waals surface area (Å²) in [5, 5.41) is 3.05. The van der Waals surface area contributed by atoms with Gasteiger partial charge in [0.1, 0.15) is 5.75 Å². The predicted molar refractivity (Wildman–Crippen MR) is 90.7 cm³/mol. The summed E-state index contributed by atoms with van der Waals surface area (Å²) in [4.78, 5) is 14.3. The molecule has 0 spiro atoms. The summed E-state index contributed by atoms with van der Waals surface area (Å²) in [6.45, 7) is 2.09. The summed E-state index contributed by atoms with van der Waals surface area (Å²) in [5.74, 6) is 0.786. The minimum absolute atomic E-state index is 0.0429. The summed E-state index contributed by atoms with van der Waals surface area (Å²) < 4.78 is 5.22. The Bertz CT molecular complexity index is 651. The fraction of sp³-hybridized carbons (Fsp3) is 0.316. The number of hydrogen-bond acceptors (Lipinski definition) is 2. The number of hydrogen-bond donors (Lipinski definition) is 2. The Kier molecular flexibility index (Phi) is 4.93. The molecule has 3 rings (SSSR count). The van der Waals surface area contributed by atoms with Crippen molar-refractivity contribution in [3.8, 4) is 5.75 Å². The first kappa shape index (κ1) is 15.6. The van der Waals surface area contributed by atoms with E-state index in [9.17, 15) is 4.79 Å². The molecule has 0 radical (unpaired) electrons. The van der Waals surface area contributed by atoms with Crippen molar-refractivity contribution in [2.45, 2.75) is 18.9 Å². The number of carbonyl (C=O) groups excluding carboxylic acids is 1. The fourth-order valence-electron chi connectivity index (χ4n) is 3.25. The van der Waals surface area contributed by atoms with Crippen LogP contribution in [0.4, 0.5) is 5.69 Å². The van der Waals surface area contributed by atoms with E-state index in [1.54, 1.807) is 7.11 Å². The van der Waals surface area contributed by atoms with Crippen molar-refractivity contribution in [2.24, 2.45) is 0 Å². The maximum atomic E-state index is 12.9. The van der Waals surface area contributed by atoms with Crippen molar-refractivity contribution in [1.29, 1.82) is 0 Å². The molecule has 2 aromatic rings. The molecule has 1 atom stereocenters. The van der Waals surface area contributed by atoms with Gasteiger partial charge in [-0.3, -0.25) is 4.79 Å². The standard InChI is InChI=1S/C19H22N2O2/c1-23-17-11-7-10-16(14-17)20-19(22)18(21-12-5-6-13-21)15-8-3-2-4-9-15/h2-4,7-11,14,18H,5-6,12-13H2,1H3,(H,20,22)/p+1/t18-/m1/s1. The Morgan fingerprint density at radius 2 is 1.83 bits per heavy atom. The molecule has 2 aromatic carbocycles. The van der Waals surface area contributed by atoms with Gasteiger partial charge in [-0.15, -0.1) is 0 Å². The zero-order valence-corrected chi connectivity index (χ0v) is 13.4. The number of nitrogens with one attached hydrogen (secondary N) is 2. The minimum atomic E-state index is -0.162. The van der Waals surface area contributed by atoms with Crippen molar-refractivity contribution >= 4 is 11.6 Å². The van der Waals surface area contributed by atoms with Crippen LogP contribution in [0.1, 0.15) is 24.4 Å². The van der Waals surface area contributed by atoms with Gasteiger partial charge in [-0.05, 0) is 12.1 Å². The van der Waals surface area contributed by atoms with E-state index in [1.165, 1.54) is 17.7 Å². The van der Waals surface area contributed by atoms with Gasteiger partial charge in [0.25, 0.3) is 5.91 Å². The normalized spacial score (nSPS) is 16.0. The molecule has 120 valence electrons. The molecule has 0 aromatic heterocycles. The lowest BCUT2D eigenvalue weighted by Gasteiger charge is -2.24. The third kappa shape index (κ3) is 3.71. The lowest BCUT2D eigenvalue weighted by atomic mass is 10.0. The highest BCUT2D eigenvalue weighted by Gasteiger charge is 2.33. The van der Waals surface area contributed by atoms with Crippen molar-refractivity contribution < 1.29 is 14.4 Å². The van der Waals surface area contributed by atoms with Crippen molar-refractivity contribution in [3.05, 3.63) is 60.2 Å². The van der Waals surface area contributed by atoms with Gasteiger partial charge in [0.05, 0.1) is 20.2 Å². The third-order valence-corrected chi connectivity index (χ3v) is 4.39. The van der Waals surface area contributed by atoms with Crippen molar-refractivity contribution in [2.75, 3.05) is 25.5 Å². The smallest absolute Gasteiger partial charge is 0.287 e. The van der Waals surface area contributed by atoms with Crippen LogP contribution in [0.5, 0.6) is 5.75 Å². The molecule has 2 N–H and O–H groups in total. The third-order valence-electron chi connectivity index (χ3n) is 4.39. The largest absolute Gasteiger partial charge is 0.497 e. The van der Waals surface area contributed by atoms with Crippen LogP contribution in [0.2, 0.25) is 0 Å². The molecule has 1 saturated heterocycles. The Hall–Kier alpha value is -2.33. The molecule has 0 bridgehead atoms. The van der Waals surface area contributed by atoms with E-state index in [0.29, 0.717) is 0 Å². The van der Waals surface area contributed by atoms with E-state index in [4.69, 9.17) is 4.74 Å². The summed E-state index contributed by atoms with van der Waals surface area (Å²) in [7, 11) is 1.63. The Balaban J connectivity index is 1.82. The second-order valence-electron chi connectivity index (χ2n) is 5.93. The number of quaternary nitrogens is 1. The van der Waals surface area contributed by atoms with Gasteiger partial charge >= 0.3 is 0 Å². The van der Waals surface area contributed by atoms with E-state index in [0.717, 1.165) is 30.1 Å². The van der Waals surface area contributed by atoms with E-state index >= 15 is 0 Å². The lowest BCUT2D eigenvalue weighted by molar-refractivity contribution is -0.909. The Labute approximate surface area is 137 Å². The molecular formula is C19H23N2O2+. The van der Waals surface area contributed by atoms with Crippen LogP contribution in [-0.2, 0) is 4.79 Å². The molecule has 0 saturated carbocycles. The number of amides is 1. The molecule has 4 heteroatoms. The van der Waals surface area contributed by atoms with Crippen LogP contribution in [-0.4, -0.2) is 26.1 Å². The quantitative estimate of drug-likeness (QED) is 0.887. The molecule has 23 heavy (non-hydrogen) atoms. The topological polar surface area (TPSA) is 42.8 Å². The number of ether oxygens (including phenoxy) is 1. The molecule has 4 nitrogen and oxygen atoms in total. The zero-order chi connectivity index (χ0) is 16.1. The highest BCUT2D eigenvalue weighted by Crippen LogP contribution is 2.19. The maximum Gasteiger partial charge on any atom is 0.287 e. The summed E-state index contributed by atoms with van der Waals surface area (Å²) in [6, 6.07) is 17.4. The molecular weight excluding hydrogens is 288 g/mol. The Morgan fingerprint density at radius 3 is 2.52 bits per heavy atom. The summed E-state index contributed by atoms with van der Waals surface area (Å²) in [5.41, 5.74) is 1.85. The van der Waals surface area contributed by atoms with Gasteiger partial charge in [0.2, 0.25) is 0 Å². The molecule has 0 aliphatic carbocycles. The minimum Gasteiger partial charge on any atom is -0.497 e. The van der Waals surface area contributed by atoms with Gasteiger partial charge in [-0.25, -0.2) is 0 Å². The van der Waals surface area contributed by atoms with Crippen LogP contribution >= 0.6 is 0 Å². The van der Waals surface area contributed by atoms with Crippen LogP contribution in [0, 0.1) is 0 Å². The summed E-state index contributed by atoms with van der Waals surface area (Å²) >= 11 is 0. The van der Waals surface area contributed by atoms with Crippen LogP contribution < -0.4 is 15.0 Å². The second-order valence-corrected chi connectivity index (χ2v) is 5.93. The monoisotopic (exact) mass is 311 g/mol. The van der Waals surface area contributed by atoms with Gasteiger partial charge in [-0.1, -0.05) is 36.4 Å². The van der Waals surface area contributed by atoms with Gasteiger partial charge in [0, 0.05) is 30.2 Å². The molecule has 1 fully saturated rings. The Morgan fingerprint density at radius 1 is 1.09 bits per heavy atom. The molecule has 1 amide bonds. The molecule has 1 heterocycles. The zero-order valence-electron chi connectivity index (χ0n) is 13.4. The fourth-order valence-corrected chi connectivity index (χ4v) is 3.25. The lowest BCUT2D eigenvalue weighted by Crippen LogP contribution is -3.11. The van der Waals surface area contributed by atoms with Gasteiger partial charge in [0.15, 0.2) is 6.04 Å². The van der Waals surface area contributed by atoms with Crippen molar-refractivity contribution in [1.82, 2.24) is 0 Å². The van der Waals surface area contributed by atoms with E-state index < -0.39 is 0 Å². The number of rotatable bonds is 5. The highest BCUT2D eigenvalue weighted by atomic mass is 16.5. The SMILES string of the molecule is COc1cccc(NC(=O)[C@@H](c2ccccc2)[NH+]2CCCC2)c1. The molecule has 1 aliphatic heterocycles.